The first-order valence-electron chi connectivity index (χ1n) is 11.8. The number of allylic oxidation sites excluding steroid dienone is 1. The number of benzene rings is 1. The standard InChI is InChI=1S/C27H24F4N6/c1-16(2)9-21-12-23-24(14-32-21)35-26(25(34-23)19-13-33-37(15-19)27(30)31)36-7-5-17(6-8-36)10-18-3-4-20(28)11-22(18)29/h3-4,9-15,27H,5-8H2,1-2H3. The summed E-state index contributed by atoms with van der Waals surface area (Å²) in [6, 6.07) is 5.34. The van der Waals surface area contributed by atoms with Gasteiger partial charge in [0.25, 0.3) is 0 Å². The topological polar surface area (TPSA) is 59.7 Å². The molecule has 1 aliphatic heterocycles. The van der Waals surface area contributed by atoms with Crippen LogP contribution in [0.25, 0.3) is 34.4 Å². The molecule has 3 aromatic heterocycles. The predicted octanol–water partition coefficient (Wildman–Crippen LogP) is 6.67. The van der Waals surface area contributed by atoms with E-state index in [1.807, 2.05) is 30.9 Å². The first kappa shape index (κ1) is 24.6. The Bertz CT molecular complexity index is 1510. The highest BCUT2D eigenvalue weighted by Gasteiger charge is 2.23. The van der Waals surface area contributed by atoms with Crippen LogP contribution in [0.3, 0.4) is 0 Å². The van der Waals surface area contributed by atoms with Crippen molar-refractivity contribution >= 4 is 29.0 Å². The van der Waals surface area contributed by atoms with E-state index < -0.39 is 18.2 Å². The normalized spacial score (nSPS) is 13.9. The number of fused-ring (bicyclic) bond motifs is 1. The second kappa shape index (κ2) is 10.1. The van der Waals surface area contributed by atoms with Crippen LogP contribution in [0.4, 0.5) is 23.4 Å². The molecule has 6 nitrogen and oxygen atoms in total. The molecule has 37 heavy (non-hydrogen) atoms. The quantitative estimate of drug-likeness (QED) is 0.282. The Morgan fingerprint density at radius 3 is 2.46 bits per heavy atom. The van der Waals surface area contributed by atoms with Gasteiger partial charge in [-0.2, -0.15) is 13.9 Å². The smallest absolute Gasteiger partial charge is 0.333 e. The molecule has 0 aliphatic carbocycles. The minimum Gasteiger partial charge on any atom is -0.354 e. The van der Waals surface area contributed by atoms with Gasteiger partial charge in [-0.05, 0) is 51.0 Å². The third-order valence-electron chi connectivity index (χ3n) is 6.09. The Kier molecular flexibility index (Phi) is 6.73. The summed E-state index contributed by atoms with van der Waals surface area (Å²) in [5.41, 5.74) is 5.23. The highest BCUT2D eigenvalue weighted by atomic mass is 19.3. The maximum absolute atomic E-state index is 14.1. The molecule has 4 heterocycles. The van der Waals surface area contributed by atoms with Gasteiger partial charge in [-0.15, -0.1) is 0 Å². The van der Waals surface area contributed by atoms with Crippen molar-refractivity contribution in [1.82, 2.24) is 24.7 Å². The maximum Gasteiger partial charge on any atom is 0.333 e. The monoisotopic (exact) mass is 508 g/mol. The molecule has 0 N–H and O–H groups in total. The fourth-order valence-electron chi connectivity index (χ4n) is 4.31. The summed E-state index contributed by atoms with van der Waals surface area (Å²) in [7, 11) is 0. The number of aromatic nitrogens is 5. The Balaban J connectivity index is 1.50. The minimum absolute atomic E-state index is 0.341. The fraction of sp³-hybridized carbons (Fsp3) is 0.259. The van der Waals surface area contributed by atoms with Crippen molar-refractivity contribution in [2.75, 3.05) is 18.0 Å². The van der Waals surface area contributed by atoms with E-state index in [0.717, 1.165) is 22.9 Å². The van der Waals surface area contributed by atoms with Crippen molar-refractivity contribution in [3.05, 3.63) is 76.9 Å². The number of halogens is 4. The zero-order chi connectivity index (χ0) is 26.1. The summed E-state index contributed by atoms with van der Waals surface area (Å²) >= 11 is 0. The molecule has 5 rings (SSSR count). The van der Waals surface area contributed by atoms with Gasteiger partial charge in [0, 0.05) is 36.5 Å². The molecule has 0 amide bonds. The van der Waals surface area contributed by atoms with E-state index in [1.54, 1.807) is 12.3 Å². The van der Waals surface area contributed by atoms with Gasteiger partial charge in [-0.3, -0.25) is 4.98 Å². The highest BCUT2D eigenvalue weighted by molar-refractivity contribution is 5.84. The van der Waals surface area contributed by atoms with E-state index in [2.05, 4.69) is 10.1 Å². The summed E-state index contributed by atoms with van der Waals surface area (Å²) in [4.78, 5) is 16.1. The van der Waals surface area contributed by atoms with E-state index in [0.29, 0.717) is 64.3 Å². The van der Waals surface area contributed by atoms with Crippen LogP contribution < -0.4 is 4.90 Å². The van der Waals surface area contributed by atoms with E-state index in [1.165, 1.54) is 24.5 Å². The van der Waals surface area contributed by atoms with Crippen LogP contribution in [0.2, 0.25) is 0 Å². The van der Waals surface area contributed by atoms with Crippen LogP contribution in [-0.2, 0) is 0 Å². The van der Waals surface area contributed by atoms with Crippen molar-refractivity contribution in [2.24, 2.45) is 0 Å². The molecule has 1 fully saturated rings. The molecule has 0 spiro atoms. The maximum atomic E-state index is 14.1. The van der Waals surface area contributed by atoms with Crippen LogP contribution in [0.15, 0.2) is 54.0 Å². The number of nitrogens with zero attached hydrogens (tertiary/aromatic N) is 6. The third kappa shape index (κ3) is 5.37. The molecule has 0 atom stereocenters. The van der Waals surface area contributed by atoms with E-state index in [-0.39, 0.29) is 0 Å². The van der Waals surface area contributed by atoms with Crippen LogP contribution in [0.1, 0.15) is 44.5 Å². The molecule has 0 unspecified atom stereocenters. The lowest BCUT2D eigenvalue weighted by Crippen LogP contribution is -2.32. The predicted molar refractivity (Wildman–Crippen MR) is 135 cm³/mol. The lowest BCUT2D eigenvalue weighted by Gasteiger charge is -2.30. The SMILES string of the molecule is CC(C)=Cc1cc2nc(-c3cnn(C(F)F)c3)c(N3CCC(=Cc4ccc(F)cc4F)CC3)nc2cn1. The Morgan fingerprint density at radius 1 is 1.00 bits per heavy atom. The molecule has 0 bridgehead atoms. The molecule has 1 aromatic carbocycles. The van der Waals surface area contributed by atoms with Crippen molar-refractivity contribution in [3.63, 3.8) is 0 Å². The van der Waals surface area contributed by atoms with Crippen molar-refractivity contribution in [2.45, 2.75) is 33.2 Å². The van der Waals surface area contributed by atoms with E-state index >= 15 is 0 Å². The van der Waals surface area contributed by atoms with Gasteiger partial charge in [-0.1, -0.05) is 17.2 Å². The first-order valence-corrected chi connectivity index (χ1v) is 11.8. The highest BCUT2D eigenvalue weighted by Crippen LogP contribution is 2.33. The molecule has 10 heteroatoms. The summed E-state index contributed by atoms with van der Waals surface area (Å²) in [6.07, 6.45) is 9.20. The molecular weight excluding hydrogens is 484 g/mol. The number of rotatable bonds is 5. The molecular formula is C27H24F4N6. The van der Waals surface area contributed by atoms with Crippen molar-refractivity contribution in [1.29, 1.82) is 0 Å². The molecule has 4 aromatic rings. The summed E-state index contributed by atoms with van der Waals surface area (Å²) < 4.78 is 54.4. The lowest BCUT2D eigenvalue weighted by molar-refractivity contribution is 0.0566. The largest absolute Gasteiger partial charge is 0.354 e. The van der Waals surface area contributed by atoms with Gasteiger partial charge in [0.15, 0.2) is 5.82 Å². The second-order valence-electron chi connectivity index (χ2n) is 9.16. The van der Waals surface area contributed by atoms with E-state index in [4.69, 9.17) is 9.97 Å². The van der Waals surface area contributed by atoms with Gasteiger partial charge < -0.3 is 4.90 Å². The number of hydrogen-bond acceptors (Lipinski definition) is 5. The number of anilines is 1. The number of piperidine rings is 1. The fourth-order valence-corrected chi connectivity index (χ4v) is 4.31. The van der Waals surface area contributed by atoms with Crippen LogP contribution in [0.5, 0.6) is 0 Å². The zero-order valence-corrected chi connectivity index (χ0v) is 20.3. The third-order valence-corrected chi connectivity index (χ3v) is 6.09. The zero-order valence-electron chi connectivity index (χ0n) is 20.3. The van der Waals surface area contributed by atoms with Gasteiger partial charge in [-0.25, -0.2) is 23.4 Å². The van der Waals surface area contributed by atoms with E-state index in [9.17, 15) is 17.6 Å². The average Bonchev–Trinajstić information content (AvgIpc) is 3.36. The summed E-state index contributed by atoms with van der Waals surface area (Å²) in [5, 5.41) is 3.78. The summed E-state index contributed by atoms with van der Waals surface area (Å²) in [5.74, 6) is -0.673. The molecule has 0 saturated carbocycles. The van der Waals surface area contributed by atoms with Crippen molar-refractivity contribution < 1.29 is 17.6 Å². The van der Waals surface area contributed by atoms with Crippen LogP contribution in [0, 0.1) is 11.6 Å². The van der Waals surface area contributed by atoms with Crippen LogP contribution in [-0.4, -0.2) is 37.8 Å². The van der Waals surface area contributed by atoms with Gasteiger partial charge in [0.2, 0.25) is 0 Å². The van der Waals surface area contributed by atoms with Crippen LogP contribution >= 0.6 is 0 Å². The molecule has 1 aliphatic rings. The second-order valence-corrected chi connectivity index (χ2v) is 9.16. The first-order chi connectivity index (χ1) is 17.8. The van der Waals surface area contributed by atoms with Gasteiger partial charge in [0.1, 0.15) is 22.8 Å². The number of hydrogen-bond donors (Lipinski definition) is 0. The summed E-state index contributed by atoms with van der Waals surface area (Å²) in [6.45, 7) is 2.29. The Hall–Kier alpha value is -4.08. The average molecular weight is 509 g/mol. The minimum atomic E-state index is -2.77. The van der Waals surface area contributed by atoms with Gasteiger partial charge >= 0.3 is 6.55 Å². The molecule has 1 saturated heterocycles. The molecule has 0 radical (unpaired) electrons. The number of pyridine rings is 1. The van der Waals surface area contributed by atoms with Crippen molar-refractivity contribution in [3.8, 4) is 11.3 Å². The Labute approximate surface area is 211 Å². The molecule has 190 valence electrons. The lowest BCUT2D eigenvalue weighted by atomic mass is 10.00. The Morgan fingerprint density at radius 2 is 1.78 bits per heavy atom. The van der Waals surface area contributed by atoms with Gasteiger partial charge in [0.05, 0.1) is 23.6 Å². The number of alkyl halides is 2.